The maximum Gasteiger partial charge on any atom is 0.228 e. The zero-order chi connectivity index (χ0) is 22.0. The van der Waals surface area contributed by atoms with Crippen molar-refractivity contribution in [1.29, 1.82) is 0 Å². The number of hydrogen-bond acceptors (Lipinski definition) is 4. The minimum atomic E-state index is -0.319. The van der Waals surface area contributed by atoms with Crippen LogP contribution in [0.2, 0.25) is 0 Å². The van der Waals surface area contributed by atoms with E-state index < -0.39 is 0 Å². The number of likely N-dealkylation sites (N-methyl/N-ethyl adjacent to an activating group) is 1. The number of hydrogen-bond donors (Lipinski definition) is 2. The first-order valence-corrected chi connectivity index (χ1v) is 10.6. The second-order valence-electron chi connectivity index (χ2n) is 8.39. The zero-order valence-corrected chi connectivity index (χ0v) is 17.7. The average Bonchev–Trinajstić information content (AvgIpc) is 3.35. The van der Waals surface area contributed by atoms with Crippen molar-refractivity contribution in [1.82, 2.24) is 9.80 Å². The van der Waals surface area contributed by atoms with Gasteiger partial charge in [0.15, 0.2) is 0 Å². The summed E-state index contributed by atoms with van der Waals surface area (Å²) in [5, 5.41) is 12.8. The van der Waals surface area contributed by atoms with E-state index in [1.807, 2.05) is 49.5 Å². The summed E-state index contributed by atoms with van der Waals surface area (Å²) < 4.78 is 0. The maximum absolute atomic E-state index is 13.2. The first kappa shape index (κ1) is 21.1. The highest BCUT2D eigenvalue weighted by molar-refractivity contribution is 5.99. The molecule has 2 atom stereocenters. The lowest BCUT2D eigenvalue weighted by atomic mass is 10.0. The van der Waals surface area contributed by atoms with Gasteiger partial charge in [-0.05, 0) is 41.3 Å². The third kappa shape index (κ3) is 4.79. The van der Waals surface area contributed by atoms with E-state index in [0.717, 1.165) is 40.9 Å². The highest BCUT2D eigenvalue weighted by Gasteiger charge is 2.28. The van der Waals surface area contributed by atoms with E-state index in [1.54, 1.807) is 4.90 Å². The molecule has 1 unspecified atom stereocenters. The number of nitrogens with zero attached hydrogens (tertiary/aromatic N) is 2. The van der Waals surface area contributed by atoms with Gasteiger partial charge < -0.3 is 15.3 Å². The lowest BCUT2D eigenvalue weighted by molar-refractivity contribution is -0.131. The van der Waals surface area contributed by atoms with Crippen LogP contribution in [0.1, 0.15) is 34.7 Å². The standard InChI is InChI=1S/C25H27N3O3/c1-3-17-5-4-6-20(11-17)23(16-28-10-9-21(29)15-28)27(2)25(31)13-18-7-8-19-14-24(30)26-22(19)12-18/h1,4-8,11-12,21,23,29H,9-10,13-16H2,2H3,(H,26,30)/t21?,23-/m1/s1. The number of nitrogens with one attached hydrogen (secondary N) is 1. The molecule has 0 saturated carbocycles. The van der Waals surface area contributed by atoms with Crippen LogP contribution >= 0.6 is 0 Å². The lowest BCUT2D eigenvalue weighted by Gasteiger charge is -2.32. The van der Waals surface area contributed by atoms with Crippen LogP contribution in [0.5, 0.6) is 0 Å². The molecule has 0 bridgehead atoms. The van der Waals surface area contributed by atoms with Crippen molar-refractivity contribution in [3.63, 3.8) is 0 Å². The van der Waals surface area contributed by atoms with Crippen molar-refractivity contribution in [3.05, 3.63) is 64.7 Å². The Kier molecular flexibility index (Phi) is 6.08. The topological polar surface area (TPSA) is 72.9 Å². The zero-order valence-electron chi connectivity index (χ0n) is 17.7. The van der Waals surface area contributed by atoms with Crippen molar-refractivity contribution in [2.45, 2.75) is 31.4 Å². The van der Waals surface area contributed by atoms with Gasteiger partial charge >= 0.3 is 0 Å². The Morgan fingerprint density at radius 3 is 2.94 bits per heavy atom. The summed E-state index contributed by atoms with van der Waals surface area (Å²) >= 11 is 0. The number of β-amino-alcohol motifs (C(OH)–C–C–N with tert-alkyl or cyclic N) is 1. The van der Waals surface area contributed by atoms with Crippen LogP contribution in [0.25, 0.3) is 0 Å². The summed E-state index contributed by atoms with van der Waals surface area (Å²) in [4.78, 5) is 28.8. The second-order valence-corrected chi connectivity index (χ2v) is 8.39. The van der Waals surface area contributed by atoms with Gasteiger partial charge in [-0.15, -0.1) is 6.42 Å². The monoisotopic (exact) mass is 417 g/mol. The maximum atomic E-state index is 13.2. The summed E-state index contributed by atoms with van der Waals surface area (Å²) in [6.45, 7) is 2.05. The average molecular weight is 418 g/mol. The summed E-state index contributed by atoms with van der Waals surface area (Å²) in [7, 11) is 1.82. The fraction of sp³-hybridized carbons (Fsp3) is 0.360. The molecule has 6 heteroatoms. The molecule has 0 aliphatic carbocycles. The van der Waals surface area contributed by atoms with Gasteiger partial charge in [0.2, 0.25) is 11.8 Å². The number of terminal acetylenes is 1. The molecule has 0 spiro atoms. The number of benzene rings is 2. The number of aliphatic hydroxyl groups excluding tert-OH is 1. The van der Waals surface area contributed by atoms with Crippen LogP contribution in [0.3, 0.4) is 0 Å². The summed E-state index contributed by atoms with van der Waals surface area (Å²) in [6, 6.07) is 13.3. The number of amides is 2. The predicted octanol–water partition coefficient (Wildman–Crippen LogP) is 1.97. The smallest absolute Gasteiger partial charge is 0.228 e. The number of aliphatic hydroxyl groups is 1. The first-order chi connectivity index (χ1) is 14.9. The Morgan fingerprint density at radius 1 is 1.35 bits per heavy atom. The van der Waals surface area contributed by atoms with Gasteiger partial charge in [0.25, 0.3) is 0 Å². The van der Waals surface area contributed by atoms with Crippen LogP contribution in [-0.2, 0) is 22.4 Å². The van der Waals surface area contributed by atoms with E-state index in [0.29, 0.717) is 19.5 Å². The van der Waals surface area contributed by atoms with Crippen molar-refractivity contribution in [2.24, 2.45) is 0 Å². The molecule has 2 aromatic carbocycles. The van der Waals surface area contributed by atoms with Crippen molar-refractivity contribution < 1.29 is 14.7 Å². The van der Waals surface area contributed by atoms with Crippen molar-refractivity contribution >= 4 is 17.5 Å². The molecule has 2 aliphatic rings. The number of likely N-dealkylation sites (tertiary alicyclic amines) is 1. The van der Waals surface area contributed by atoms with Crippen LogP contribution in [0.15, 0.2) is 42.5 Å². The minimum absolute atomic E-state index is 0.0138. The van der Waals surface area contributed by atoms with Crippen LogP contribution < -0.4 is 5.32 Å². The van der Waals surface area contributed by atoms with E-state index in [-0.39, 0.29) is 30.4 Å². The predicted molar refractivity (Wildman–Crippen MR) is 119 cm³/mol. The highest BCUT2D eigenvalue weighted by Crippen LogP contribution is 2.27. The van der Waals surface area contributed by atoms with Crippen LogP contribution in [-0.4, -0.2) is 59.5 Å². The molecule has 160 valence electrons. The van der Waals surface area contributed by atoms with Crippen LogP contribution in [0.4, 0.5) is 5.69 Å². The largest absolute Gasteiger partial charge is 0.392 e. The van der Waals surface area contributed by atoms with E-state index in [4.69, 9.17) is 6.42 Å². The van der Waals surface area contributed by atoms with Gasteiger partial charge in [-0.25, -0.2) is 0 Å². The van der Waals surface area contributed by atoms with E-state index in [9.17, 15) is 14.7 Å². The highest BCUT2D eigenvalue weighted by atomic mass is 16.3. The number of rotatable bonds is 6. The molecule has 2 aliphatic heterocycles. The molecule has 1 saturated heterocycles. The van der Waals surface area contributed by atoms with Gasteiger partial charge in [-0.1, -0.05) is 30.2 Å². The molecule has 2 N–H and O–H groups in total. The number of anilines is 1. The molecule has 31 heavy (non-hydrogen) atoms. The summed E-state index contributed by atoms with van der Waals surface area (Å²) in [5.74, 6) is 2.64. The van der Waals surface area contributed by atoms with Gasteiger partial charge in [0, 0.05) is 37.9 Å². The Hall–Kier alpha value is -3.14. The van der Waals surface area contributed by atoms with Gasteiger partial charge in [0.05, 0.1) is 25.0 Å². The van der Waals surface area contributed by atoms with Crippen molar-refractivity contribution in [2.75, 3.05) is 32.0 Å². The van der Waals surface area contributed by atoms with Gasteiger partial charge in [-0.2, -0.15) is 0 Å². The second kappa shape index (κ2) is 8.93. The normalized spacial score (nSPS) is 18.9. The molecule has 4 rings (SSSR count). The third-order valence-corrected chi connectivity index (χ3v) is 6.13. The Labute approximate surface area is 182 Å². The SMILES string of the molecule is C#Cc1cccc([C@@H](CN2CCC(O)C2)N(C)C(=O)Cc2ccc3c(c2)NC(=O)C3)c1. The lowest BCUT2D eigenvalue weighted by Crippen LogP contribution is -2.39. The summed E-state index contributed by atoms with van der Waals surface area (Å²) in [6.07, 6.45) is 6.65. The summed E-state index contributed by atoms with van der Waals surface area (Å²) in [5.41, 5.74) is 4.38. The molecule has 6 nitrogen and oxygen atoms in total. The molecule has 2 aromatic rings. The molecule has 0 aromatic heterocycles. The van der Waals surface area contributed by atoms with Gasteiger partial charge in [-0.3, -0.25) is 14.5 Å². The van der Waals surface area contributed by atoms with E-state index in [2.05, 4.69) is 16.1 Å². The molecule has 2 heterocycles. The Bertz CT molecular complexity index is 1040. The molecule has 0 radical (unpaired) electrons. The van der Waals surface area contributed by atoms with Gasteiger partial charge in [0.1, 0.15) is 0 Å². The van der Waals surface area contributed by atoms with E-state index >= 15 is 0 Å². The quantitative estimate of drug-likeness (QED) is 0.705. The third-order valence-electron chi connectivity index (χ3n) is 6.13. The number of carbonyl (C=O) groups excluding carboxylic acids is 2. The van der Waals surface area contributed by atoms with Crippen molar-refractivity contribution in [3.8, 4) is 12.3 Å². The molecular weight excluding hydrogens is 390 g/mol. The molecule has 2 amide bonds. The van der Waals surface area contributed by atoms with Crippen LogP contribution in [0, 0.1) is 12.3 Å². The first-order valence-electron chi connectivity index (χ1n) is 10.6. The van der Waals surface area contributed by atoms with E-state index in [1.165, 1.54) is 0 Å². The fourth-order valence-electron chi connectivity index (χ4n) is 4.35. The fourth-order valence-corrected chi connectivity index (χ4v) is 4.35. The Balaban J connectivity index is 1.53. The number of carbonyl (C=O) groups is 2. The Morgan fingerprint density at radius 2 is 2.19 bits per heavy atom. The minimum Gasteiger partial charge on any atom is -0.392 e. The number of fused-ring (bicyclic) bond motifs is 1. The molecule has 1 fully saturated rings. The molecular formula is C25H27N3O3.